The van der Waals surface area contributed by atoms with E-state index in [0.29, 0.717) is 35.5 Å². The number of nitrogens with one attached hydrogen (secondary N) is 1. The van der Waals surface area contributed by atoms with Crippen LogP contribution in [0.2, 0.25) is 0 Å². The molecule has 0 radical (unpaired) electrons. The number of amidine groups is 1. The number of carbonyl (C=O) groups is 1. The molecule has 2 aromatic carbocycles. The van der Waals surface area contributed by atoms with E-state index in [0.717, 1.165) is 29.7 Å². The second-order valence-electron chi connectivity index (χ2n) is 8.85. The molecule has 1 aliphatic rings. The maximum Gasteiger partial charge on any atom is 0.410 e. The predicted octanol–water partition coefficient (Wildman–Crippen LogP) is 5.44. The second-order valence-corrected chi connectivity index (χ2v) is 9.87. The molecule has 1 N–H and O–H groups in total. The second kappa shape index (κ2) is 14.7. The third-order valence-corrected chi connectivity index (χ3v) is 6.39. The Morgan fingerprint density at radius 2 is 1.89 bits per heavy atom. The van der Waals surface area contributed by atoms with Crippen LogP contribution in [0.15, 0.2) is 87.5 Å². The van der Waals surface area contributed by atoms with Crippen molar-refractivity contribution in [3.63, 3.8) is 0 Å². The molecule has 3 rings (SSSR count). The fourth-order valence-corrected chi connectivity index (χ4v) is 4.12. The maximum atomic E-state index is 12.6. The minimum Gasteiger partial charge on any atom is -0.445 e. The number of hydrazone groups is 1. The summed E-state index contributed by atoms with van der Waals surface area (Å²) in [5.41, 5.74) is 3.61. The normalized spacial score (nSPS) is 14.7. The van der Waals surface area contributed by atoms with Crippen LogP contribution in [0, 0.1) is 17.2 Å². The van der Waals surface area contributed by atoms with Gasteiger partial charge in [0.2, 0.25) is 0 Å². The number of halogens is 1. The van der Waals surface area contributed by atoms with Crippen molar-refractivity contribution >= 4 is 34.1 Å². The Labute approximate surface area is 233 Å². The van der Waals surface area contributed by atoms with Crippen molar-refractivity contribution in [2.45, 2.75) is 26.0 Å². The van der Waals surface area contributed by atoms with Crippen LogP contribution in [0.5, 0.6) is 0 Å². The van der Waals surface area contributed by atoms with Gasteiger partial charge in [-0.15, -0.1) is 0 Å². The third kappa shape index (κ3) is 8.89. The average molecular weight is 578 g/mol. The molecule has 0 saturated carbocycles. The van der Waals surface area contributed by atoms with E-state index in [4.69, 9.17) is 15.0 Å². The molecule has 9 heteroatoms. The van der Waals surface area contributed by atoms with Crippen LogP contribution < -0.4 is 5.32 Å². The number of likely N-dealkylation sites (N-methyl/N-ethyl adjacent to an activating group) is 1. The zero-order valence-electron chi connectivity index (χ0n) is 21.8. The highest BCUT2D eigenvalue weighted by Gasteiger charge is 2.26. The van der Waals surface area contributed by atoms with Gasteiger partial charge in [-0.3, -0.25) is 10.0 Å². The van der Waals surface area contributed by atoms with Crippen molar-refractivity contribution in [2.24, 2.45) is 16.0 Å². The minimum absolute atomic E-state index is 0.238. The number of carbonyl (C=O) groups excluding carboxylic acids is 1. The number of piperidine rings is 1. The van der Waals surface area contributed by atoms with Gasteiger partial charge in [0.25, 0.3) is 0 Å². The number of benzene rings is 2. The molecule has 1 fully saturated rings. The number of allylic oxidation sites excluding steroid dienone is 2. The number of rotatable bonds is 9. The van der Waals surface area contributed by atoms with Crippen molar-refractivity contribution in [3.05, 3.63) is 94.1 Å². The lowest BCUT2D eigenvalue weighted by molar-refractivity contribution is 0.0844. The SMILES string of the molecule is C=C(Br)/C=N\N(C)C(C=C(NC)C1CCN(C(=O)OCc2ccccc2)CC1)=NCc1ccc(C#N)cc1. The van der Waals surface area contributed by atoms with Gasteiger partial charge in [-0.05, 0) is 52.0 Å². The first-order chi connectivity index (χ1) is 18.4. The Morgan fingerprint density at radius 1 is 1.21 bits per heavy atom. The van der Waals surface area contributed by atoms with E-state index in [1.165, 1.54) is 0 Å². The van der Waals surface area contributed by atoms with Gasteiger partial charge in [0, 0.05) is 49.4 Å². The van der Waals surface area contributed by atoms with E-state index in [9.17, 15) is 4.79 Å². The first-order valence-electron chi connectivity index (χ1n) is 12.4. The molecule has 1 aliphatic heterocycles. The Bertz CT molecular complexity index is 1210. The molecule has 0 aliphatic carbocycles. The van der Waals surface area contributed by atoms with E-state index in [2.05, 4.69) is 39.0 Å². The molecule has 0 atom stereocenters. The maximum absolute atomic E-state index is 12.6. The Kier molecular flexibility index (Phi) is 11.1. The van der Waals surface area contributed by atoms with E-state index in [1.54, 1.807) is 28.3 Å². The molecule has 2 aromatic rings. The predicted molar refractivity (Wildman–Crippen MR) is 155 cm³/mol. The fraction of sp³-hybridized carbons (Fsp3) is 0.310. The molecule has 38 heavy (non-hydrogen) atoms. The van der Waals surface area contributed by atoms with Crippen molar-refractivity contribution in [1.82, 2.24) is 15.2 Å². The lowest BCUT2D eigenvalue weighted by Crippen LogP contribution is -2.40. The van der Waals surface area contributed by atoms with Crippen LogP contribution in [0.4, 0.5) is 4.79 Å². The molecule has 1 amide bonds. The molecule has 0 unspecified atom stereocenters. The topological polar surface area (TPSA) is 93.3 Å². The van der Waals surface area contributed by atoms with Crippen molar-refractivity contribution < 1.29 is 9.53 Å². The zero-order chi connectivity index (χ0) is 27.3. The monoisotopic (exact) mass is 576 g/mol. The van der Waals surface area contributed by atoms with E-state index in [1.807, 2.05) is 62.6 Å². The molecule has 0 aromatic heterocycles. The quantitative estimate of drug-likeness (QED) is 0.244. The van der Waals surface area contributed by atoms with Crippen LogP contribution >= 0.6 is 15.9 Å². The molecule has 8 nitrogen and oxygen atoms in total. The lowest BCUT2D eigenvalue weighted by atomic mass is 9.93. The number of hydrogen-bond acceptors (Lipinski definition) is 6. The number of amides is 1. The summed E-state index contributed by atoms with van der Waals surface area (Å²) in [7, 11) is 3.73. The van der Waals surface area contributed by atoms with Gasteiger partial charge in [-0.1, -0.05) is 49.0 Å². The number of hydrogen-bond donors (Lipinski definition) is 1. The summed E-state index contributed by atoms with van der Waals surface area (Å²) in [4.78, 5) is 19.1. The number of nitrogens with zero attached hydrogens (tertiary/aromatic N) is 5. The van der Waals surface area contributed by atoms with Crippen molar-refractivity contribution in [2.75, 3.05) is 27.2 Å². The van der Waals surface area contributed by atoms with Gasteiger partial charge in [-0.25, -0.2) is 4.79 Å². The lowest BCUT2D eigenvalue weighted by Gasteiger charge is -2.32. The molecule has 0 spiro atoms. The highest BCUT2D eigenvalue weighted by molar-refractivity contribution is 9.12. The zero-order valence-corrected chi connectivity index (χ0v) is 23.4. The molecule has 0 bridgehead atoms. The van der Waals surface area contributed by atoms with Crippen LogP contribution in [-0.2, 0) is 17.9 Å². The summed E-state index contributed by atoms with van der Waals surface area (Å²) in [6.45, 7) is 5.75. The van der Waals surface area contributed by atoms with Gasteiger partial charge < -0.3 is 15.0 Å². The Morgan fingerprint density at radius 3 is 2.50 bits per heavy atom. The summed E-state index contributed by atoms with van der Waals surface area (Å²) in [5.74, 6) is 0.912. The molecular weight excluding hydrogens is 544 g/mol. The largest absolute Gasteiger partial charge is 0.445 e. The van der Waals surface area contributed by atoms with E-state index >= 15 is 0 Å². The van der Waals surface area contributed by atoms with Crippen LogP contribution in [-0.4, -0.2) is 55.2 Å². The molecule has 198 valence electrons. The van der Waals surface area contributed by atoms with Gasteiger partial charge >= 0.3 is 6.09 Å². The summed E-state index contributed by atoms with van der Waals surface area (Å²) in [5, 5.41) is 18.5. The van der Waals surface area contributed by atoms with Gasteiger partial charge in [-0.2, -0.15) is 10.4 Å². The smallest absolute Gasteiger partial charge is 0.410 e. The molecule has 1 heterocycles. The Hall–Kier alpha value is -3.90. The van der Waals surface area contributed by atoms with Gasteiger partial charge in [0.15, 0.2) is 0 Å². The van der Waals surface area contributed by atoms with Crippen LogP contribution in [0.1, 0.15) is 29.5 Å². The van der Waals surface area contributed by atoms with Crippen LogP contribution in [0.25, 0.3) is 0 Å². The van der Waals surface area contributed by atoms with E-state index < -0.39 is 0 Å². The van der Waals surface area contributed by atoms with Gasteiger partial charge in [0.1, 0.15) is 12.4 Å². The van der Waals surface area contributed by atoms with Gasteiger partial charge in [0.05, 0.1) is 24.4 Å². The number of likely N-dealkylation sites (tertiary alicyclic amines) is 1. The summed E-state index contributed by atoms with van der Waals surface area (Å²) < 4.78 is 6.16. The summed E-state index contributed by atoms with van der Waals surface area (Å²) in [6, 6.07) is 19.2. The minimum atomic E-state index is -0.281. The molecule has 1 saturated heterocycles. The van der Waals surface area contributed by atoms with Crippen molar-refractivity contribution in [3.8, 4) is 6.07 Å². The molecular formula is C29H33BrN6O2. The average Bonchev–Trinajstić information content (AvgIpc) is 2.95. The first kappa shape index (κ1) is 28.7. The van der Waals surface area contributed by atoms with E-state index in [-0.39, 0.29) is 18.6 Å². The number of aliphatic imine (C=N–C) groups is 1. The summed E-state index contributed by atoms with van der Waals surface area (Å²) in [6.07, 6.45) is 4.95. The standard InChI is InChI=1S/C29H33BrN6O2/c1-22(30)19-34-35(3)28(33-20-24-11-9-23(18-31)10-12-24)17-27(32-2)26-13-15-36(16-14-26)29(37)38-21-25-7-5-4-6-8-25/h4-12,17,19,26,32H,1,13-16,20-21H2,2-3H3/b27-17?,33-28?,34-19-. The third-order valence-electron chi connectivity index (χ3n) is 6.18. The summed E-state index contributed by atoms with van der Waals surface area (Å²) >= 11 is 3.30. The first-order valence-corrected chi connectivity index (χ1v) is 13.2. The number of ether oxygens (including phenoxy) is 1. The van der Waals surface area contributed by atoms with Crippen LogP contribution in [0.3, 0.4) is 0 Å². The van der Waals surface area contributed by atoms with Crippen molar-refractivity contribution in [1.29, 1.82) is 5.26 Å². The fourth-order valence-electron chi connectivity index (χ4n) is 4.02. The number of nitriles is 1. The highest BCUT2D eigenvalue weighted by Crippen LogP contribution is 2.24. The Balaban J connectivity index is 1.68. The highest BCUT2D eigenvalue weighted by atomic mass is 79.9.